The third-order valence-corrected chi connectivity index (χ3v) is 5.30. The van der Waals surface area contributed by atoms with Gasteiger partial charge in [-0.2, -0.15) is 0 Å². The molecule has 0 amide bonds. The highest BCUT2D eigenvalue weighted by atomic mass is 32.2. The summed E-state index contributed by atoms with van der Waals surface area (Å²) in [5.41, 5.74) is -0.0132. The fourth-order valence-electron chi connectivity index (χ4n) is 2.01. The highest BCUT2D eigenvalue weighted by molar-refractivity contribution is 7.89. The first-order valence-corrected chi connectivity index (χ1v) is 8.33. The largest absolute Gasteiger partial charge is 0.477 e. The molecule has 0 aliphatic heterocycles. The fraction of sp³-hybridized carbons (Fsp3) is 0.615. The minimum Gasteiger partial charge on any atom is -0.477 e. The number of hydrogen-bond donors (Lipinski definition) is 3. The van der Waals surface area contributed by atoms with Gasteiger partial charge in [-0.05, 0) is 31.7 Å². The monoisotopic (exact) mass is 316 g/mol. The second-order valence-electron chi connectivity index (χ2n) is 5.57. The number of aliphatic hydroxyl groups is 1. The Hall–Kier alpha value is -1.38. The molecule has 1 aliphatic rings. The Morgan fingerprint density at radius 2 is 2.10 bits per heavy atom. The van der Waals surface area contributed by atoms with Crippen LogP contribution >= 0.6 is 0 Å². The molecule has 1 heterocycles. The van der Waals surface area contributed by atoms with E-state index in [0.29, 0.717) is 0 Å². The maximum Gasteiger partial charge on any atom is 0.352 e. The summed E-state index contributed by atoms with van der Waals surface area (Å²) in [6.07, 6.45) is 3.10. The van der Waals surface area contributed by atoms with Crippen molar-refractivity contribution in [3.05, 3.63) is 18.0 Å². The molecule has 2 atom stereocenters. The molecule has 1 fully saturated rings. The summed E-state index contributed by atoms with van der Waals surface area (Å²) in [4.78, 5) is 11.1. The number of carbonyl (C=O) groups is 1. The highest BCUT2D eigenvalue weighted by Gasteiger charge is 2.31. The Labute approximate surface area is 123 Å². The fourth-order valence-corrected chi connectivity index (χ4v) is 3.39. The van der Waals surface area contributed by atoms with Gasteiger partial charge in [0.25, 0.3) is 0 Å². The van der Waals surface area contributed by atoms with Crippen LogP contribution in [0, 0.1) is 5.92 Å². The molecule has 7 nitrogen and oxygen atoms in total. The molecule has 1 saturated carbocycles. The molecule has 2 rings (SSSR count). The Morgan fingerprint density at radius 3 is 2.57 bits per heavy atom. The number of aromatic nitrogens is 1. The molecule has 1 aromatic heterocycles. The van der Waals surface area contributed by atoms with Gasteiger partial charge in [0, 0.05) is 24.9 Å². The number of aromatic carboxylic acids is 1. The summed E-state index contributed by atoms with van der Waals surface area (Å²) in [6, 6.07) is 0.811. The lowest BCUT2D eigenvalue weighted by molar-refractivity contribution is 0.0685. The number of carboxylic acids is 1. The van der Waals surface area contributed by atoms with Crippen molar-refractivity contribution < 1.29 is 23.4 Å². The second kappa shape index (κ2) is 5.78. The maximum absolute atomic E-state index is 12.3. The molecule has 0 radical (unpaired) electrons. The van der Waals surface area contributed by atoms with Gasteiger partial charge in [0.05, 0.1) is 0 Å². The minimum atomic E-state index is -3.80. The van der Waals surface area contributed by atoms with E-state index < -0.39 is 22.0 Å². The molecule has 0 aromatic carbocycles. The molecule has 118 valence electrons. The molecule has 3 N–H and O–H groups in total. The van der Waals surface area contributed by atoms with Crippen molar-refractivity contribution in [1.29, 1.82) is 0 Å². The van der Waals surface area contributed by atoms with Crippen LogP contribution in [0.15, 0.2) is 17.2 Å². The average molecular weight is 316 g/mol. The van der Waals surface area contributed by atoms with Crippen LogP contribution in [-0.4, -0.2) is 41.8 Å². The van der Waals surface area contributed by atoms with E-state index in [1.54, 1.807) is 13.8 Å². The normalized spacial score (nSPS) is 18.4. The number of carboxylic acid groups (broad SMARTS) is 1. The summed E-state index contributed by atoms with van der Waals surface area (Å²) >= 11 is 0. The van der Waals surface area contributed by atoms with Crippen molar-refractivity contribution in [2.75, 3.05) is 6.61 Å². The van der Waals surface area contributed by atoms with Gasteiger partial charge in [0.2, 0.25) is 10.0 Å². The van der Waals surface area contributed by atoms with Gasteiger partial charge in [-0.15, -0.1) is 0 Å². The van der Waals surface area contributed by atoms with E-state index in [0.717, 1.165) is 12.8 Å². The van der Waals surface area contributed by atoms with Crippen LogP contribution in [0.4, 0.5) is 0 Å². The Bertz CT molecular complexity index is 633. The zero-order valence-electron chi connectivity index (χ0n) is 12.0. The molecule has 0 saturated heterocycles. The molecule has 0 bridgehead atoms. The summed E-state index contributed by atoms with van der Waals surface area (Å²) in [7, 11) is -3.80. The van der Waals surface area contributed by atoms with Crippen LogP contribution in [0.25, 0.3) is 0 Å². The summed E-state index contributed by atoms with van der Waals surface area (Å²) < 4.78 is 28.6. The predicted molar refractivity (Wildman–Crippen MR) is 75.7 cm³/mol. The van der Waals surface area contributed by atoms with Gasteiger partial charge in [-0.1, -0.05) is 6.92 Å². The quantitative estimate of drug-likeness (QED) is 0.690. The van der Waals surface area contributed by atoms with Gasteiger partial charge in [0.1, 0.15) is 10.6 Å². The summed E-state index contributed by atoms with van der Waals surface area (Å²) in [5, 5.41) is 18.2. The standard InChI is InChI=1S/C13H20N2O5S/c1-8(7-16)9(2)14-21(19,20)11-5-12(13(17)18)15(6-11)10-3-4-10/h5-6,8-10,14,16H,3-4,7H2,1-2H3,(H,17,18). The van der Waals surface area contributed by atoms with Crippen molar-refractivity contribution in [2.45, 2.75) is 43.7 Å². The molecule has 21 heavy (non-hydrogen) atoms. The summed E-state index contributed by atoms with van der Waals surface area (Å²) in [6.45, 7) is 3.26. The highest BCUT2D eigenvalue weighted by Crippen LogP contribution is 2.37. The van der Waals surface area contributed by atoms with Crippen LogP contribution < -0.4 is 4.72 Å². The lowest BCUT2D eigenvalue weighted by Gasteiger charge is -2.18. The zero-order valence-corrected chi connectivity index (χ0v) is 12.8. The first kappa shape index (κ1) is 16.0. The number of sulfonamides is 1. The van der Waals surface area contributed by atoms with Gasteiger partial charge >= 0.3 is 5.97 Å². The Balaban J connectivity index is 2.28. The van der Waals surface area contributed by atoms with E-state index in [2.05, 4.69) is 4.72 Å². The van der Waals surface area contributed by atoms with Gasteiger partial charge in [-0.25, -0.2) is 17.9 Å². The van der Waals surface area contributed by atoms with E-state index in [1.165, 1.54) is 16.8 Å². The second-order valence-corrected chi connectivity index (χ2v) is 7.29. The van der Waals surface area contributed by atoms with E-state index in [-0.39, 0.29) is 29.2 Å². The van der Waals surface area contributed by atoms with Crippen molar-refractivity contribution in [1.82, 2.24) is 9.29 Å². The smallest absolute Gasteiger partial charge is 0.352 e. The van der Waals surface area contributed by atoms with Crippen LogP contribution in [-0.2, 0) is 10.0 Å². The first-order valence-electron chi connectivity index (χ1n) is 6.84. The number of nitrogens with zero attached hydrogens (tertiary/aromatic N) is 1. The lowest BCUT2D eigenvalue weighted by Crippen LogP contribution is -2.38. The van der Waals surface area contributed by atoms with Crippen molar-refractivity contribution in [2.24, 2.45) is 5.92 Å². The zero-order chi connectivity index (χ0) is 15.8. The predicted octanol–water partition coefficient (Wildman–Crippen LogP) is 0.816. The molecular weight excluding hydrogens is 296 g/mol. The SMILES string of the molecule is CC(CO)C(C)NS(=O)(=O)c1cc(C(=O)O)n(C2CC2)c1. The molecule has 1 aromatic rings. The average Bonchev–Trinajstić information content (AvgIpc) is 3.14. The van der Waals surface area contributed by atoms with Crippen LogP contribution in [0.5, 0.6) is 0 Å². The van der Waals surface area contributed by atoms with E-state index >= 15 is 0 Å². The van der Waals surface area contributed by atoms with E-state index in [9.17, 15) is 13.2 Å². The number of aliphatic hydroxyl groups excluding tert-OH is 1. The first-order chi connectivity index (χ1) is 9.76. The third-order valence-electron chi connectivity index (χ3n) is 3.78. The molecule has 1 aliphatic carbocycles. The number of rotatable bonds is 7. The minimum absolute atomic E-state index is 0.0132. The lowest BCUT2D eigenvalue weighted by atomic mass is 10.1. The van der Waals surface area contributed by atoms with Gasteiger partial charge in [-0.3, -0.25) is 0 Å². The van der Waals surface area contributed by atoms with Crippen molar-refractivity contribution >= 4 is 16.0 Å². The third kappa shape index (κ3) is 3.45. The van der Waals surface area contributed by atoms with Gasteiger partial charge < -0.3 is 14.8 Å². The van der Waals surface area contributed by atoms with Crippen molar-refractivity contribution in [3.8, 4) is 0 Å². The Morgan fingerprint density at radius 1 is 1.48 bits per heavy atom. The number of nitrogens with one attached hydrogen (secondary N) is 1. The molecular formula is C13H20N2O5S. The van der Waals surface area contributed by atoms with E-state index in [4.69, 9.17) is 10.2 Å². The van der Waals surface area contributed by atoms with Crippen LogP contribution in [0.2, 0.25) is 0 Å². The van der Waals surface area contributed by atoms with Crippen molar-refractivity contribution in [3.63, 3.8) is 0 Å². The molecule has 0 spiro atoms. The molecule has 2 unspecified atom stereocenters. The molecule has 8 heteroatoms. The van der Waals surface area contributed by atoms with Crippen LogP contribution in [0.3, 0.4) is 0 Å². The number of hydrogen-bond acceptors (Lipinski definition) is 4. The van der Waals surface area contributed by atoms with Crippen LogP contribution in [0.1, 0.15) is 43.2 Å². The van der Waals surface area contributed by atoms with Gasteiger partial charge in [0.15, 0.2) is 0 Å². The van der Waals surface area contributed by atoms with E-state index in [1.807, 2.05) is 0 Å². The maximum atomic E-state index is 12.3. The summed E-state index contributed by atoms with van der Waals surface area (Å²) in [5.74, 6) is -1.37. The topological polar surface area (TPSA) is 109 Å². The Kier molecular flexibility index (Phi) is 4.40.